The van der Waals surface area contributed by atoms with Crippen molar-refractivity contribution in [1.82, 2.24) is 19.4 Å². The van der Waals surface area contributed by atoms with Gasteiger partial charge in [-0.25, -0.2) is 4.79 Å². The summed E-state index contributed by atoms with van der Waals surface area (Å²) >= 11 is 0. The highest BCUT2D eigenvalue weighted by Gasteiger charge is 2.50. The van der Waals surface area contributed by atoms with Crippen LogP contribution in [0.3, 0.4) is 0 Å². The third-order valence-corrected chi connectivity index (χ3v) is 4.73. The molecule has 2 saturated heterocycles. The van der Waals surface area contributed by atoms with Crippen molar-refractivity contribution in [1.29, 1.82) is 0 Å². The lowest BCUT2D eigenvalue weighted by Gasteiger charge is -2.36. The molecule has 2 aliphatic rings. The van der Waals surface area contributed by atoms with E-state index in [1.807, 2.05) is 0 Å². The zero-order chi connectivity index (χ0) is 21.5. The van der Waals surface area contributed by atoms with Gasteiger partial charge in [0, 0.05) is 32.4 Å². The average Bonchev–Trinajstić information content (AvgIpc) is 2.95. The van der Waals surface area contributed by atoms with E-state index in [4.69, 9.17) is 10.5 Å². The van der Waals surface area contributed by atoms with E-state index in [2.05, 4.69) is 4.98 Å². The van der Waals surface area contributed by atoms with Gasteiger partial charge in [-0.15, -0.1) is 0 Å². The number of carbonyl (C=O) groups is 2. The number of carbonyl (C=O) groups excluding carboxylic acids is 2. The molecule has 0 saturated carbocycles. The van der Waals surface area contributed by atoms with Crippen molar-refractivity contribution in [3.63, 3.8) is 0 Å². The van der Waals surface area contributed by atoms with Crippen LogP contribution in [0.5, 0.6) is 0 Å². The van der Waals surface area contributed by atoms with Gasteiger partial charge in [-0.2, -0.15) is 18.2 Å². The number of amides is 2. The number of nitrogens with zero attached hydrogens (tertiary/aromatic N) is 4. The topological polar surface area (TPSA) is 151 Å². The number of hydrogen-bond donors (Lipinski definition) is 3. The zero-order valence-corrected chi connectivity index (χ0v) is 14.8. The second kappa shape index (κ2) is 7.61. The third kappa shape index (κ3) is 4.04. The van der Waals surface area contributed by atoms with E-state index in [0.29, 0.717) is 4.90 Å². The predicted molar refractivity (Wildman–Crippen MR) is 88.0 cm³/mol. The maximum absolute atomic E-state index is 12.6. The molecular weight excluding hydrogens is 403 g/mol. The van der Waals surface area contributed by atoms with Gasteiger partial charge in [0.2, 0.25) is 0 Å². The molecule has 160 valence electrons. The highest BCUT2D eigenvalue weighted by molar-refractivity contribution is 5.84. The minimum atomic E-state index is -5.01. The summed E-state index contributed by atoms with van der Waals surface area (Å²) in [7, 11) is 0. The van der Waals surface area contributed by atoms with E-state index in [1.165, 1.54) is 12.3 Å². The molecule has 0 spiro atoms. The maximum atomic E-state index is 12.6. The van der Waals surface area contributed by atoms with Gasteiger partial charge >= 0.3 is 17.8 Å². The largest absolute Gasteiger partial charge is 0.471 e. The molecule has 3 rings (SSSR count). The van der Waals surface area contributed by atoms with Crippen LogP contribution in [0, 0.1) is 0 Å². The van der Waals surface area contributed by atoms with Crippen LogP contribution in [0.25, 0.3) is 0 Å². The summed E-state index contributed by atoms with van der Waals surface area (Å²) in [6.45, 7) is -1.12. The van der Waals surface area contributed by atoms with Crippen molar-refractivity contribution in [2.45, 2.75) is 30.7 Å². The van der Waals surface area contributed by atoms with Gasteiger partial charge in [0.25, 0.3) is 5.91 Å². The first-order valence-corrected chi connectivity index (χ1v) is 8.52. The number of rotatable bonds is 2. The molecule has 0 unspecified atom stereocenters. The van der Waals surface area contributed by atoms with Gasteiger partial charge in [-0.3, -0.25) is 14.2 Å². The average molecular weight is 421 g/mol. The van der Waals surface area contributed by atoms with Crippen molar-refractivity contribution in [3.05, 3.63) is 22.7 Å². The van der Waals surface area contributed by atoms with Gasteiger partial charge < -0.3 is 30.5 Å². The number of ether oxygens (including phenoxy) is 1. The molecule has 29 heavy (non-hydrogen) atoms. The summed E-state index contributed by atoms with van der Waals surface area (Å²) in [5.74, 6) is -2.85. The molecule has 11 nitrogen and oxygen atoms in total. The Morgan fingerprint density at radius 2 is 1.72 bits per heavy atom. The van der Waals surface area contributed by atoms with E-state index in [1.54, 1.807) is 0 Å². The molecule has 1 aromatic heterocycles. The van der Waals surface area contributed by atoms with Crippen LogP contribution < -0.4 is 11.4 Å². The minimum absolute atomic E-state index is 0.0711. The number of nitrogen functional groups attached to an aromatic ring is 1. The van der Waals surface area contributed by atoms with Crippen molar-refractivity contribution < 1.29 is 37.7 Å². The highest BCUT2D eigenvalue weighted by atomic mass is 19.4. The van der Waals surface area contributed by atoms with Crippen LogP contribution in [0.15, 0.2) is 17.1 Å². The lowest BCUT2D eigenvalue weighted by atomic mass is 10.1. The van der Waals surface area contributed by atoms with E-state index < -0.39 is 48.2 Å². The molecule has 0 aromatic carbocycles. The number of aliphatic hydroxyl groups is 2. The number of aliphatic hydroxyl groups excluding tert-OH is 2. The van der Waals surface area contributed by atoms with E-state index in [-0.39, 0.29) is 32.0 Å². The molecule has 2 fully saturated rings. The van der Waals surface area contributed by atoms with Gasteiger partial charge in [0.15, 0.2) is 12.3 Å². The molecule has 0 bridgehead atoms. The van der Waals surface area contributed by atoms with E-state index in [9.17, 15) is 37.8 Å². The summed E-state index contributed by atoms with van der Waals surface area (Å²) in [4.78, 5) is 41.0. The number of nitrogens with two attached hydrogens (primary N) is 1. The Labute approximate surface area is 161 Å². The molecule has 1 aromatic rings. The Balaban J connectivity index is 1.67. The van der Waals surface area contributed by atoms with E-state index in [0.717, 1.165) is 9.47 Å². The van der Waals surface area contributed by atoms with Crippen LogP contribution in [0.2, 0.25) is 0 Å². The summed E-state index contributed by atoms with van der Waals surface area (Å²) < 4.78 is 43.7. The molecule has 14 heteroatoms. The van der Waals surface area contributed by atoms with Gasteiger partial charge in [-0.05, 0) is 6.07 Å². The fourth-order valence-electron chi connectivity index (χ4n) is 3.20. The smallest absolute Gasteiger partial charge is 0.387 e. The first-order chi connectivity index (χ1) is 13.5. The second-order valence-electron chi connectivity index (χ2n) is 6.59. The third-order valence-electron chi connectivity index (χ3n) is 4.73. The Morgan fingerprint density at radius 3 is 2.28 bits per heavy atom. The number of hydrogen-bond acceptors (Lipinski definition) is 8. The summed E-state index contributed by atoms with van der Waals surface area (Å²) in [6.07, 6.45) is -10.1. The van der Waals surface area contributed by atoms with Crippen LogP contribution in [-0.4, -0.2) is 92.0 Å². The molecule has 4 N–H and O–H groups in total. The quantitative estimate of drug-likeness (QED) is 0.481. The Kier molecular flexibility index (Phi) is 5.51. The Hall–Kier alpha value is -2.71. The minimum Gasteiger partial charge on any atom is -0.387 e. The fourth-order valence-corrected chi connectivity index (χ4v) is 3.20. The van der Waals surface area contributed by atoms with Gasteiger partial charge in [0.1, 0.15) is 18.0 Å². The monoisotopic (exact) mass is 421 g/mol. The zero-order valence-electron chi connectivity index (χ0n) is 14.8. The van der Waals surface area contributed by atoms with Crippen molar-refractivity contribution in [2.75, 3.05) is 31.9 Å². The Morgan fingerprint density at radius 1 is 1.14 bits per heavy atom. The normalized spacial score (nSPS) is 27.9. The molecule has 0 aliphatic carbocycles. The summed E-state index contributed by atoms with van der Waals surface area (Å²) in [6, 6.07) is 1.26. The first kappa shape index (κ1) is 21.0. The first-order valence-electron chi connectivity index (χ1n) is 8.52. The summed E-state index contributed by atoms with van der Waals surface area (Å²) in [5, 5.41) is 20.4. The van der Waals surface area contributed by atoms with Crippen molar-refractivity contribution in [2.24, 2.45) is 0 Å². The Bertz CT molecular complexity index is 854. The number of piperazine rings is 1. The number of alkyl halides is 3. The fraction of sp³-hybridized carbons (Fsp3) is 0.600. The lowest BCUT2D eigenvalue weighted by molar-refractivity contribution is -0.187. The summed E-state index contributed by atoms with van der Waals surface area (Å²) in [5.41, 5.74) is 4.52. The number of aromatic nitrogens is 2. The van der Waals surface area contributed by atoms with E-state index >= 15 is 0 Å². The molecule has 3 heterocycles. The molecule has 4 atom stereocenters. The van der Waals surface area contributed by atoms with Gasteiger partial charge in [0.05, 0.1) is 0 Å². The molecule has 2 amide bonds. The lowest BCUT2D eigenvalue weighted by Crippen LogP contribution is -2.56. The SMILES string of the molecule is Nc1ccn([C@@H]2O[C@H](C(=O)N3CCN(C(=O)C(F)(F)F)CC3)[C@@H](O)[C@H]2O)c(=O)n1. The van der Waals surface area contributed by atoms with Crippen LogP contribution >= 0.6 is 0 Å². The number of anilines is 1. The molecular formula is C15H18F3N5O6. The van der Waals surface area contributed by atoms with Crippen molar-refractivity contribution in [3.8, 4) is 0 Å². The van der Waals surface area contributed by atoms with Crippen LogP contribution in [0.1, 0.15) is 6.23 Å². The van der Waals surface area contributed by atoms with Crippen LogP contribution in [0.4, 0.5) is 19.0 Å². The molecule has 0 radical (unpaired) electrons. The standard InChI is InChI=1S/C15H18F3N5O6/c16-15(17,18)13(27)22-5-3-21(4-6-22)11(26)10-8(24)9(25)12(29-10)23-2-1-7(19)20-14(23)28/h1-2,8-10,12,24-25H,3-6H2,(H2,19,20,28)/t8-,9+,10-,12+/m0/s1. The predicted octanol–water partition coefficient (Wildman–Crippen LogP) is -2.32. The van der Waals surface area contributed by atoms with Crippen LogP contribution in [-0.2, 0) is 14.3 Å². The number of halogens is 3. The maximum Gasteiger partial charge on any atom is 0.471 e. The van der Waals surface area contributed by atoms with Gasteiger partial charge in [-0.1, -0.05) is 0 Å². The van der Waals surface area contributed by atoms with Crippen molar-refractivity contribution >= 4 is 17.6 Å². The molecule has 2 aliphatic heterocycles. The highest BCUT2D eigenvalue weighted by Crippen LogP contribution is 2.30. The second-order valence-corrected chi connectivity index (χ2v) is 6.59.